The predicted molar refractivity (Wildman–Crippen MR) is 322 cm³/mol. The molecule has 0 aromatic heterocycles. The van der Waals surface area contributed by atoms with Crippen LogP contribution < -0.4 is 0 Å². The first-order valence-electron chi connectivity index (χ1n) is 31.3. The molecule has 1 aliphatic heterocycles. The monoisotopic (exact) mass is 1120 g/mol. The Balaban J connectivity index is 2.27. The van der Waals surface area contributed by atoms with E-state index in [1.807, 2.05) is 0 Å². The van der Waals surface area contributed by atoms with Gasteiger partial charge in [0.1, 0.15) is 30.5 Å². The van der Waals surface area contributed by atoms with E-state index in [4.69, 9.17) is 18.9 Å². The Bertz CT molecular complexity index is 1670. The molecule has 0 amide bonds. The van der Waals surface area contributed by atoms with Crippen LogP contribution in [0, 0.1) is 0 Å². The summed E-state index contributed by atoms with van der Waals surface area (Å²) >= 11 is 0. The summed E-state index contributed by atoms with van der Waals surface area (Å²) in [5, 5.41) is 30.9. The van der Waals surface area contributed by atoms with Crippen LogP contribution in [0.5, 0.6) is 0 Å². The Kier molecular flexibility index (Phi) is 51.5. The lowest BCUT2D eigenvalue weighted by Gasteiger charge is -2.41. The molecule has 0 spiro atoms. The Morgan fingerprint density at radius 2 is 0.885 bits per heavy atom. The Morgan fingerprint density at radius 3 is 1.29 bits per heavy atom. The van der Waals surface area contributed by atoms with Crippen molar-refractivity contribution in [2.45, 2.75) is 295 Å². The van der Waals surface area contributed by atoms with Gasteiger partial charge in [-0.05, 0) is 89.9 Å². The number of rotatable bonds is 55. The van der Waals surface area contributed by atoms with Crippen LogP contribution in [0.1, 0.15) is 258 Å². The number of aliphatic hydroxyl groups excluding tert-OH is 3. The summed E-state index contributed by atoms with van der Waals surface area (Å²) in [6.07, 6.45) is 66.2. The molecule has 0 aromatic rings. The molecule has 13 heteroatoms. The number of aliphatic hydroxyl groups is 3. The van der Waals surface area contributed by atoms with Crippen molar-refractivity contribution in [1.82, 2.24) is 0 Å². The molecular weight excluding hydrogens is 1000 g/mol. The zero-order valence-electron chi connectivity index (χ0n) is 49.2. The lowest BCUT2D eigenvalue weighted by atomic mass is 9.99. The van der Waals surface area contributed by atoms with Crippen LogP contribution in [0.3, 0.4) is 0 Å². The van der Waals surface area contributed by atoms with Crippen LogP contribution in [0.4, 0.5) is 0 Å². The van der Waals surface area contributed by atoms with E-state index in [9.17, 15) is 33.1 Å². The molecule has 12 nitrogen and oxygen atoms in total. The number of carbonyl (C=O) groups is 1. The van der Waals surface area contributed by atoms with E-state index in [-0.39, 0.29) is 19.6 Å². The first-order chi connectivity index (χ1) is 38.1. The third-order valence-electron chi connectivity index (χ3n) is 14.0. The lowest BCUT2D eigenvalue weighted by molar-refractivity contribution is -0.301. The first-order valence-corrected chi connectivity index (χ1v) is 32.7. The van der Waals surface area contributed by atoms with Crippen molar-refractivity contribution in [2.75, 3.05) is 26.4 Å². The molecule has 1 heterocycles. The minimum absolute atomic E-state index is 0.0304. The van der Waals surface area contributed by atoms with Gasteiger partial charge < -0.3 is 34.3 Å². The van der Waals surface area contributed by atoms with Crippen LogP contribution in [0.25, 0.3) is 0 Å². The fourth-order valence-electron chi connectivity index (χ4n) is 9.32. The van der Waals surface area contributed by atoms with Gasteiger partial charge in [0.15, 0.2) is 6.29 Å². The first kappa shape index (κ1) is 73.3. The van der Waals surface area contributed by atoms with Crippen LogP contribution >= 0.6 is 0 Å². The summed E-state index contributed by atoms with van der Waals surface area (Å²) in [4.78, 5) is 13.0. The summed E-state index contributed by atoms with van der Waals surface area (Å²) in [6.45, 7) is 3.89. The summed E-state index contributed by atoms with van der Waals surface area (Å²) < 4.78 is 59.6. The van der Waals surface area contributed by atoms with E-state index in [2.05, 4.69) is 103 Å². The number of unbranched alkanes of at least 4 members (excludes halogenated alkanes) is 28. The average Bonchev–Trinajstić information content (AvgIpc) is 3.46. The van der Waals surface area contributed by atoms with Gasteiger partial charge in [-0.1, -0.05) is 247 Å². The molecule has 0 aromatic carbocycles. The normalized spacial score (nSPS) is 19.0. The number of esters is 1. The molecule has 1 fully saturated rings. The van der Waals surface area contributed by atoms with E-state index in [1.54, 1.807) is 0 Å². The van der Waals surface area contributed by atoms with Crippen molar-refractivity contribution in [3.8, 4) is 0 Å². The van der Waals surface area contributed by atoms with Crippen molar-refractivity contribution < 1.29 is 56.2 Å². The summed E-state index contributed by atoms with van der Waals surface area (Å²) in [5.41, 5.74) is 0. The maximum Gasteiger partial charge on any atom is 0.397 e. The zero-order valence-corrected chi connectivity index (χ0v) is 50.0. The van der Waals surface area contributed by atoms with E-state index < -0.39 is 59.8 Å². The number of allylic oxidation sites excluding steroid dienone is 14. The lowest BCUT2D eigenvalue weighted by Crippen LogP contribution is -2.60. The third-order valence-corrected chi connectivity index (χ3v) is 14.5. The largest absolute Gasteiger partial charge is 0.457 e. The minimum Gasteiger partial charge on any atom is -0.457 e. The van der Waals surface area contributed by atoms with Gasteiger partial charge in [0.05, 0.1) is 19.8 Å². The maximum atomic E-state index is 13.0. The van der Waals surface area contributed by atoms with Gasteiger partial charge >= 0.3 is 16.4 Å². The average molecular weight is 1120 g/mol. The smallest absolute Gasteiger partial charge is 0.397 e. The predicted octanol–water partition coefficient (Wildman–Crippen LogP) is 16.3. The molecule has 4 N–H and O–H groups in total. The summed E-state index contributed by atoms with van der Waals surface area (Å²) in [5.74, 6) is -0.402. The molecule has 1 saturated heterocycles. The second-order valence-electron chi connectivity index (χ2n) is 21.3. The van der Waals surface area contributed by atoms with Crippen molar-refractivity contribution in [3.63, 3.8) is 0 Å². The highest BCUT2D eigenvalue weighted by Gasteiger charge is 2.48. The Morgan fingerprint density at radius 1 is 0.500 bits per heavy atom. The number of hydrogen-bond donors (Lipinski definition) is 4. The van der Waals surface area contributed by atoms with E-state index in [0.717, 1.165) is 83.5 Å². The van der Waals surface area contributed by atoms with Gasteiger partial charge in [-0.15, -0.1) is 0 Å². The van der Waals surface area contributed by atoms with Gasteiger partial charge in [-0.2, -0.15) is 8.42 Å². The van der Waals surface area contributed by atoms with Crippen LogP contribution in [0.15, 0.2) is 85.1 Å². The quantitative estimate of drug-likeness (QED) is 0.0196. The van der Waals surface area contributed by atoms with Gasteiger partial charge in [0.2, 0.25) is 0 Å². The van der Waals surface area contributed by atoms with Crippen molar-refractivity contribution in [1.29, 1.82) is 0 Å². The molecule has 0 aliphatic carbocycles. The number of carbonyl (C=O) groups excluding carboxylic acids is 1. The molecule has 0 bridgehead atoms. The van der Waals surface area contributed by atoms with E-state index in [1.165, 1.54) is 148 Å². The van der Waals surface area contributed by atoms with Gasteiger partial charge in [0.25, 0.3) is 0 Å². The van der Waals surface area contributed by atoms with Crippen molar-refractivity contribution >= 4 is 16.4 Å². The van der Waals surface area contributed by atoms with E-state index >= 15 is 0 Å². The number of hydrogen-bond acceptors (Lipinski definition) is 11. The highest BCUT2D eigenvalue weighted by molar-refractivity contribution is 7.80. The molecule has 1 rings (SSSR count). The topological polar surface area (TPSA) is 178 Å². The minimum atomic E-state index is -5.07. The number of ether oxygens (including phenoxy) is 4. The van der Waals surface area contributed by atoms with Gasteiger partial charge in [0, 0.05) is 13.0 Å². The highest BCUT2D eigenvalue weighted by atomic mass is 32.3. The standard InChI is InChI=1S/C65H114O12S/c1-3-5-7-9-11-13-15-17-19-21-23-25-27-29-31-33-35-37-39-41-43-45-47-49-51-53-55-73-57-59(58-74-65-63(69)64(77-78(70,71)72)62(68)60(56-66)76-65)75-61(67)54-52-50-48-46-44-42-40-38-36-34-32-30-28-26-24-22-20-18-16-14-12-10-8-6-4-2/h6,8,12,14-15,17-18,20-21,23-24,26-27,29,59-60,62-66,68-69H,3-5,7,9-11,13,16,19,22,25,28,30-58H2,1-2H3,(H,70,71,72)/b8-6-,14-12-,17-15-,20-18-,23-21-,26-24-,29-27-. The Hall–Kier alpha value is -2.72. The van der Waals surface area contributed by atoms with Gasteiger partial charge in [-0.25, -0.2) is 4.18 Å². The summed E-state index contributed by atoms with van der Waals surface area (Å²) in [6, 6.07) is 0. The zero-order chi connectivity index (χ0) is 56.7. The van der Waals surface area contributed by atoms with Crippen LogP contribution in [-0.4, -0.2) is 97.5 Å². The fourth-order valence-corrected chi connectivity index (χ4v) is 9.83. The molecule has 452 valence electrons. The van der Waals surface area contributed by atoms with Crippen molar-refractivity contribution in [2.24, 2.45) is 0 Å². The molecule has 6 atom stereocenters. The Labute approximate surface area is 476 Å². The van der Waals surface area contributed by atoms with Crippen LogP contribution in [0.2, 0.25) is 0 Å². The van der Waals surface area contributed by atoms with E-state index in [0.29, 0.717) is 13.0 Å². The molecule has 0 saturated carbocycles. The molecule has 6 unspecified atom stereocenters. The second kappa shape index (κ2) is 54.8. The van der Waals surface area contributed by atoms with Crippen LogP contribution in [-0.2, 0) is 38.3 Å². The molecule has 0 radical (unpaired) electrons. The van der Waals surface area contributed by atoms with Crippen molar-refractivity contribution in [3.05, 3.63) is 85.1 Å². The highest BCUT2D eigenvalue weighted by Crippen LogP contribution is 2.26. The SMILES string of the molecule is CC/C=C\C/C=C\C/C=C\C/C=C\CCCCCCCCCCCCCCC(=O)OC(COCCCCCCCCCCCCC/C=C\C/C=C\C/C=C\CCCCCCC)COC1OC(CO)C(O)C(OS(=O)(=O)O)C1O. The molecule has 1 aliphatic rings. The second-order valence-corrected chi connectivity index (χ2v) is 22.3. The fraction of sp³-hybridized carbons (Fsp3) is 0.769. The van der Waals surface area contributed by atoms with Gasteiger partial charge in [-0.3, -0.25) is 9.35 Å². The molecule has 78 heavy (non-hydrogen) atoms. The molecular formula is C65H114O12S. The maximum absolute atomic E-state index is 13.0. The summed E-state index contributed by atoms with van der Waals surface area (Å²) in [7, 11) is -5.07. The third kappa shape index (κ3) is 47.0.